The molecule has 0 aliphatic carbocycles. The molecule has 0 fully saturated rings. The van der Waals surface area contributed by atoms with Gasteiger partial charge in [0.05, 0.1) is 0 Å². The first kappa shape index (κ1) is 9.65. The lowest BCUT2D eigenvalue weighted by molar-refractivity contribution is 0.112. The highest BCUT2D eigenvalue weighted by atomic mass is 16.1. The summed E-state index contributed by atoms with van der Waals surface area (Å²) in [6, 6.07) is 5.62. The van der Waals surface area contributed by atoms with Gasteiger partial charge >= 0.3 is 0 Å². The Balaban J connectivity index is 2.61. The number of aryl methyl sites for hydroxylation is 2. The van der Waals surface area contributed by atoms with E-state index in [-0.39, 0.29) is 0 Å². The van der Waals surface area contributed by atoms with Crippen LogP contribution in [-0.4, -0.2) is 15.8 Å². The number of aromatic nitrogens is 2. The first-order chi connectivity index (χ1) is 7.22. The normalized spacial score (nSPS) is 10.3. The molecule has 2 rings (SSSR count). The molecular weight excluding hydrogens is 188 g/mol. The summed E-state index contributed by atoms with van der Waals surface area (Å²) < 4.78 is 1.94. The average Bonchev–Trinajstić information content (AvgIpc) is 2.65. The van der Waals surface area contributed by atoms with E-state index in [4.69, 9.17) is 0 Å². The van der Waals surface area contributed by atoms with E-state index >= 15 is 0 Å². The molecule has 0 aliphatic rings. The van der Waals surface area contributed by atoms with E-state index in [1.807, 2.05) is 42.9 Å². The molecule has 0 saturated heterocycles. The minimum atomic E-state index is 0.679. The van der Waals surface area contributed by atoms with E-state index in [0.29, 0.717) is 5.56 Å². The lowest BCUT2D eigenvalue weighted by Crippen LogP contribution is -1.94. The van der Waals surface area contributed by atoms with Crippen molar-refractivity contribution in [1.29, 1.82) is 0 Å². The molecule has 0 spiro atoms. The predicted octanol–water partition coefficient (Wildman–Crippen LogP) is 2.21. The van der Waals surface area contributed by atoms with Crippen LogP contribution >= 0.6 is 0 Å². The summed E-state index contributed by atoms with van der Waals surface area (Å²) in [5.74, 6) is 0.885. The summed E-state index contributed by atoms with van der Waals surface area (Å²) in [5.41, 5.74) is 2.81. The molecule has 2 aromatic rings. The molecule has 1 heterocycles. The van der Waals surface area contributed by atoms with Gasteiger partial charge in [-0.1, -0.05) is 12.1 Å². The zero-order valence-corrected chi connectivity index (χ0v) is 8.77. The van der Waals surface area contributed by atoms with Crippen LogP contribution in [0.2, 0.25) is 0 Å². The summed E-state index contributed by atoms with van der Waals surface area (Å²) in [4.78, 5) is 15.0. The third-order valence-corrected chi connectivity index (χ3v) is 2.46. The van der Waals surface area contributed by atoms with Gasteiger partial charge in [0.15, 0.2) is 0 Å². The van der Waals surface area contributed by atoms with Crippen LogP contribution in [0.3, 0.4) is 0 Å². The molecule has 0 aliphatic heterocycles. The third kappa shape index (κ3) is 1.68. The molecule has 0 saturated carbocycles. The van der Waals surface area contributed by atoms with Crippen molar-refractivity contribution in [3.05, 3.63) is 41.7 Å². The molecular formula is C12H12N2O. The van der Waals surface area contributed by atoms with Crippen molar-refractivity contribution >= 4 is 6.29 Å². The van der Waals surface area contributed by atoms with Gasteiger partial charge in [0.25, 0.3) is 0 Å². The van der Waals surface area contributed by atoms with E-state index in [1.165, 1.54) is 0 Å². The maximum Gasteiger partial charge on any atom is 0.150 e. The predicted molar refractivity (Wildman–Crippen MR) is 58.8 cm³/mol. The molecule has 0 atom stereocenters. The number of imidazole rings is 1. The Morgan fingerprint density at radius 2 is 2.20 bits per heavy atom. The lowest BCUT2D eigenvalue weighted by atomic mass is 10.1. The highest BCUT2D eigenvalue weighted by Gasteiger charge is 2.07. The third-order valence-electron chi connectivity index (χ3n) is 2.46. The van der Waals surface area contributed by atoms with Gasteiger partial charge in [-0.15, -0.1) is 0 Å². The van der Waals surface area contributed by atoms with Crippen molar-refractivity contribution in [2.75, 3.05) is 0 Å². The number of carbonyl (C=O) groups is 1. The first-order valence-electron chi connectivity index (χ1n) is 4.76. The summed E-state index contributed by atoms with van der Waals surface area (Å²) >= 11 is 0. The quantitative estimate of drug-likeness (QED) is 0.696. The zero-order valence-electron chi connectivity index (χ0n) is 8.77. The fraction of sp³-hybridized carbons (Fsp3) is 0.167. The molecule has 0 radical (unpaired) electrons. The summed E-state index contributed by atoms with van der Waals surface area (Å²) in [5, 5.41) is 0. The Hall–Kier alpha value is -1.90. The minimum absolute atomic E-state index is 0.679. The molecule has 0 unspecified atom stereocenters. The van der Waals surface area contributed by atoms with Gasteiger partial charge in [-0.25, -0.2) is 4.98 Å². The van der Waals surface area contributed by atoms with Gasteiger partial charge in [-0.3, -0.25) is 4.79 Å². The Morgan fingerprint density at radius 3 is 2.80 bits per heavy atom. The van der Waals surface area contributed by atoms with Crippen LogP contribution in [0.1, 0.15) is 15.9 Å². The van der Waals surface area contributed by atoms with E-state index in [2.05, 4.69) is 4.98 Å². The Morgan fingerprint density at radius 1 is 1.40 bits per heavy atom. The van der Waals surface area contributed by atoms with E-state index in [0.717, 1.165) is 23.2 Å². The minimum Gasteiger partial charge on any atom is -0.334 e. The van der Waals surface area contributed by atoms with Crippen molar-refractivity contribution < 1.29 is 4.79 Å². The van der Waals surface area contributed by atoms with Crippen molar-refractivity contribution in [1.82, 2.24) is 9.55 Å². The molecule has 3 nitrogen and oxygen atoms in total. The number of nitrogens with zero attached hydrogens (tertiary/aromatic N) is 2. The molecule has 0 bridgehead atoms. The zero-order chi connectivity index (χ0) is 10.8. The van der Waals surface area contributed by atoms with Gasteiger partial charge in [0, 0.05) is 30.6 Å². The Labute approximate surface area is 88.4 Å². The lowest BCUT2D eigenvalue weighted by Gasteiger charge is -2.06. The summed E-state index contributed by atoms with van der Waals surface area (Å²) in [6.45, 7) is 2.01. The van der Waals surface area contributed by atoms with E-state index in [1.54, 1.807) is 6.20 Å². The second kappa shape index (κ2) is 3.69. The summed E-state index contributed by atoms with van der Waals surface area (Å²) in [6.07, 6.45) is 4.50. The fourth-order valence-corrected chi connectivity index (χ4v) is 1.58. The number of benzene rings is 1. The van der Waals surface area contributed by atoms with Gasteiger partial charge in [0.2, 0.25) is 0 Å². The summed E-state index contributed by atoms with van der Waals surface area (Å²) in [7, 11) is 1.94. The molecule has 76 valence electrons. The van der Waals surface area contributed by atoms with Crippen molar-refractivity contribution in [3.63, 3.8) is 0 Å². The van der Waals surface area contributed by atoms with E-state index < -0.39 is 0 Å². The molecule has 1 aromatic carbocycles. The Bertz CT molecular complexity index is 500. The first-order valence-corrected chi connectivity index (χ1v) is 4.76. The number of rotatable bonds is 2. The van der Waals surface area contributed by atoms with Crippen molar-refractivity contribution in [3.8, 4) is 11.4 Å². The number of aldehydes is 1. The standard InChI is InChI=1S/C12H12N2O/c1-9-3-4-10(8-15)7-11(9)12-13-5-6-14(12)2/h3-8H,1-2H3. The number of carbonyl (C=O) groups excluding carboxylic acids is 1. The number of hydrogen-bond acceptors (Lipinski definition) is 2. The Kier molecular flexibility index (Phi) is 2.37. The largest absolute Gasteiger partial charge is 0.334 e. The molecule has 0 amide bonds. The molecule has 0 N–H and O–H groups in total. The topological polar surface area (TPSA) is 34.9 Å². The van der Waals surface area contributed by atoms with Gasteiger partial charge in [-0.05, 0) is 18.6 Å². The van der Waals surface area contributed by atoms with Crippen LogP contribution in [-0.2, 0) is 7.05 Å². The highest BCUT2D eigenvalue weighted by molar-refractivity contribution is 5.78. The molecule has 3 heteroatoms. The SMILES string of the molecule is Cc1ccc(C=O)cc1-c1nccn1C. The van der Waals surface area contributed by atoms with Crippen LogP contribution < -0.4 is 0 Å². The fourth-order valence-electron chi connectivity index (χ4n) is 1.58. The van der Waals surface area contributed by atoms with E-state index in [9.17, 15) is 4.79 Å². The second-order valence-corrected chi connectivity index (χ2v) is 3.55. The van der Waals surface area contributed by atoms with Crippen LogP contribution in [0, 0.1) is 6.92 Å². The van der Waals surface area contributed by atoms with Crippen molar-refractivity contribution in [2.24, 2.45) is 7.05 Å². The average molecular weight is 200 g/mol. The van der Waals surface area contributed by atoms with Crippen LogP contribution in [0.4, 0.5) is 0 Å². The number of hydrogen-bond donors (Lipinski definition) is 0. The van der Waals surface area contributed by atoms with Crippen LogP contribution in [0.5, 0.6) is 0 Å². The highest BCUT2D eigenvalue weighted by Crippen LogP contribution is 2.21. The maximum atomic E-state index is 10.7. The monoisotopic (exact) mass is 200 g/mol. The maximum absolute atomic E-state index is 10.7. The smallest absolute Gasteiger partial charge is 0.150 e. The van der Waals surface area contributed by atoms with Gasteiger partial charge in [-0.2, -0.15) is 0 Å². The van der Waals surface area contributed by atoms with Crippen LogP contribution in [0.25, 0.3) is 11.4 Å². The van der Waals surface area contributed by atoms with Crippen molar-refractivity contribution in [2.45, 2.75) is 6.92 Å². The molecule has 1 aromatic heterocycles. The van der Waals surface area contributed by atoms with Crippen LogP contribution in [0.15, 0.2) is 30.6 Å². The van der Waals surface area contributed by atoms with Gasteiger partial charge in [0.1, 0.15) is 12.1 Å². The van der Waals surface area contributed by atoms with Gasteiger partial charge < -0.3 is 4.57 Å². The second-order valence-electron chi connectivity index (χ2n) is 3.55. The molecule has 15 heavy (non-hydrogen) atoms.